The van der Waals surface area contributed by atoms with Crippen LogP contribution in [0.15, 0.2) is 30.6 Å². The van der Waals surface area contributed by atoms with Gasteiger partial charge < -0.3 is 9.59 Å². The number of aliphatic carboxylic acids is 1. The van der Waals surface area contributed by atoms with Crippen LogP contribution in [0, 0.1) is 0 Å². The van der Waals surface area contributed by atoms with Crippen LogP contribution in [0.3, 0.4) is 0 Å². The fourth-order valence-corrected chi connectivity index (χ4v) is 1.71. The quantitative estimate of drug-likeness (QED) is 0.453. The average molecular weight is 320 g/mol. The van der Waals surface area contributed by atoms with Gasteiger partial charge in [0.25, 0.3) is 10.1 Å². The van der Waals surface area contributed by atoms with E-state index in [1.807, 2.05) is 27.2 Å². The normalized spacial score (nSPS) is 13.0. The molecule has 1 rings (SSSR count). The molecule has 0 aliphatic carbocycles. The first-order chi connectivity index (χ1) is 9.42. The van der Waals surface area contributed by atoms with E-state index in [9.17, 15) is 13.2 Å². The molecule has 0 amide bonds. The number of pyridine rings is 1. The van der Waals surface area contributed by atoms with E-state index in [2.05, 4.69) is 0 Å². The van der Waals surface area contributed by atoms with E-state index in [0.29, 0.717) is 4.48 Å². The highest BCUT2D eigenvalue weighted by molar-refractivity contribution is 7.86. The molecule has 120 valence electrons. The van der Waals surface area contributed by atoms with Gasteiger partial charge in [0.05, 0.1) is 21.1 Å². The number of likely N-dealkylation sites (N-methyl/N-ethyl adjacent to an activating group) is 1. The molecule has 7 nitrogen and oxygen atoms in total. The Kier molecular flexibility index (Phi) is 7.48. The van der Waals surface area contributed by atoms with Gasteiger partial charge in [-0.3, -0.25) is 4.55 Å². The molecular weight excluding hydrogens is 296 g/mol. The van der Waals surface area contributed by atoms with E-state index < -0.39 is 21.3 Å². The zero-order valence-corrected chi connectivity index (χ0v) is 13.6. The summed E-state index contributed by atoms with van der Waals surface area (Å²) in [7, 11) is 1.60. The van der Waals surface area contributed by atoms with Crippen molar-refractivity contribution in [3.63, 3.8) is 0 Å². The second-order valence-electron chi connectivity index (χ2n) is 5.74. The minimum Gasteiger partial charge on any atom is -0.477 e. The maximum atomic E-state index is 10.7. The number of aromatic nitrogens is 1. The Hall–Kier alpha value is -1.51. The summed E-state index contributed by atoms with van der Waals surface area (Å²) in [6.07, 6.45) is 3.50. The van der Waals surface area contributed by atoms with Crippen molar-refractivity contribution < 1.29 is 31.9 Å². The van der Waals surface area contributed by atoms with Gasteiger partial charge in [-0.1, -0.05) is 6.07 Å². The number of quaternary nitrogens is 1. The number of carboxylic acids is 1. The topological polar surface area (TPSA) is 95.5 Å². The molecule has 21 heavy (non-hydrogen) atoms. The molecule has 0 fully saturated rings. The summed E-state index contributed by atoms with van der Waals surface area (Å²) in [6.45, 7) is 1.91. The highest BCUT2D eigenvalue weighted by Crippen LogP contribution is 1.96. The van der Waals surface area contributed by atoms with Crippen molar-refractivity contribution in [1.82, 2.24) is 0 Å². The molecule has 1 atom stereocenters. The lowest BCUT2D eigenvalue weighted by atomic mass is 10.4. The number of nitrogens with zero attached hydrogens (tertiary/aromatic N) is 2. The van der Waals surface area contributed by atoms with Gasteiger partial charge in [-0.25, -0.2) is 9.36 Å². The summed E-state index contributed by atoms with van der Waals surface area (Å²) in [4.78, 5) is 10.00. The van der Waals surface area contributed by atoms with Gasteiger partial charge in [0.1, 0.15) is 5.25 Å². The largest absolute Gasteiger partial charge is 0.477 e. The van der Waals surface area contributed by atoms with Crippen molar-refractivity contribution >= 4 is 16.1 Å². The molecule has 0 aromatic carbocycles. The predicted molar refractivity (Wildman–Crippen MR) is 78.2 cm³/mol. The smallest absolute Gasteiger partial charge is 0.359 e. The van der Waals surface area contributed by atoms with E-state index in [1.165, 1.54) is 6.92 Å². The second-order valence-corrected chi connectivity index (χ2v) is 7.57. The van der Waals surface area contributed by atoms with Crippen LogP contribution in [-0.2, 0) is 21.5 Å². The highest BCUT2D eigenvalue weighted by Gasteiger charge is 2.21. The first kappa shape index (κ1) is 19.5. The molecule has 0 radical (unpaired) electrons. The first-order valence-corrected chi connectivity index (χ1v) is 7.85. The van der Waals surface area contributed by atoms with Crippen molar-refractivity contribution in [1.29, 1.82) is 0 Å². The van der Waals surface area contributed by atoms with Crippen LogP contribution in [0.1, 0.15) is 6.92 Å². The molecule has 0 saturated carbocycles. The van der Waals surface area contributed by atoms with Gasteiger partial charge in [0.15, 0.2) is 25.5 Å². The number of rotatable bonds is 5. The lowest BCUT2D eigenvalue weighted by Crippen LogP contribution is -2.40. The van der Waals surface area contributed by atoms with Gasteiger partial charge in [0.2, 0.25) is 0 Å². The van der Waals surface area contributed by atoms with Crippen molar-refractivity contribution in [2.45, 2.75) is 18.7 Å². The fraction of sp³-hybridized carbons (Fsp3) is 0.538. The molecule has 0 aliphatic rings. The summed E-state index contributed by atoms with van der Waals surface area (Å²) in [5.74, 6) is -0.752. The van der Waals surface area contributed by atoms with Crippen LogP contribution < -0.4 is 4.57 Å². The average Bonchev–Trinajstić information content (AvgIpc) is 2.26. The predicted octanol–water partition coefficient (Wildman–Crippen LogP) is 0.0276. The molecular formula is C13H24N2O5S+2. The Morgan fingerprint density at radius 1 is 1.19 bits per heavy atom. The molecule has 1 heterocycles. The molecule has 0 spiro atoms. The van der Waals surface area contributed by atoms with Gasteiger partial charge in [-0.15, -0.1) is 0 Å². The molecule has 1 aromatic rings. The van der Waals surface area contributed by atoms with E-state index in [1.54, 1.807) is 29.1 Å². The molecule has 1 aromatic heterocycles. The first-order valence-electron chi connectivity index (χ1n) is 6.34. The summed E-state index contributed by atoms with van der Waals surface area (Å²) in [5, 5.41) is 7.46. The van der Waals surface area contributed by atoms with Gasteiger partial charge in [0, 0.05) is 12.1 Å². The standard InChI is InChI=1S/C8H11NO3S.C5H11NO2/c1-8(13(10,11)12)7-9-5-3-2-4-6-9;1-6(2,3)4-5(7)8/h2-6,8H,7H2,1H3;4H2,1-3H3/p+2. The Labute approximate surface area is 125 Å². The summed E-state index contributed by atoms with van der Waals surface area (Å²) >= 11 is 0. The zero-order chi connectivity index (χ0) is 16.7. The van der Waals surface area contributed by atoms with Crippen LogP contribution in [0.2, 0.25) is 0 Å². The van der Waals surface area contributed by atoms with Crippen molar-refractivity contribution in [2.75, 3.05) is 27.7 Å². The van der Waals surface area contributed by atoms with Crippen LogP contribution in [0.5, 0.6) is 0 Å². The van der Waals surface area contributed by atoms with Crippen molar-refractivity contribution in [2.24, 2.45) is 0 Å². The molecule has 0 saturated heterocycles. The Morgan fingerprint density at radius 2 is 1.67 bits per heavy atom. The minimum absolute atomic E-state index is 0.181. The Morgan fingerprint density at radius 3 is 1.95 bits per heavy atom. The Bertz CT molecular complexity index is 537. The number of carboxylic acid groups (broad SMARTS) is 1. The number of hydrogen-bond donors (Lipinski definition) is 2. The second kappa shape index (κ2) is 8.06. The van der Waals surface area contributed by atoms with Crippen molar-refractivity contribution in [3.8, 4) is 0 Å². The molecule has 8 heteroatoms. The SMILES string of the molecule is CC(C[n+]1ccccc1)S(=O)(=O)O.C[N+](C)(C)CC(=O)O. The van der Waals surface area contributed by atoms with Crippen LogP contribution >= 0.6 is 0 Å². The maximum absolute atomic E-state index is 10.7. The number of hydrogen-bond acceptors (Lipinski definition) is 3. The third kappa shape index (κ3) is 10.9. The molecule has 2 N–H and O–H groups in total. The van der Waals surface area contributed by atoms with Gasteiger partial charge in [-0.05, 0) is 6.92 Å². The lowest BCUT2D eigenvalue weighted by Gasteiger charge is -2.20. The van der Waals surface area contributed by atoms with E-state index in [4.69, 9.17) is 9.66 Å². The van der Waals surface area contributed by atoms with Gasteiger partial charge >= 0.3 is 5.97 Å². The van der Waals surface area contributed by atoms with Gasteiger partial charge in [-0.2, -0.15) is 8.42 Å². The third-order valence-corrected chi connectivity index (χ3v) is 3.53. The Balaban J connectivity index is 0.000000433. The summed E-state index contributed by atoms with van der Waals surface area (Å²) < 4.78 is 32.3. The zero-order valence-electron chi connectivity index (χ0n) is 12.8. The summed E-state index contributed by atoms with van der Waals surface area (Å²) in [6, 6.07) is 5.45. The minimum atomic E-state index is -3.92. The van der Waals surface area contributed by atoms with Crippen LogP contribution in [0.25, 0.3) is 0 Å². The maximum Gasteiger partial charge on any atom is 0.359 e. The molecule has 1 unspecified atom stereocenters. The lowest BCUT2D eigenvalue weighted by molar-refractivity contribution is -0.862. The van der Waals surface area contributed by atoms with E-state index in [0.717, 1.165) is 0 Å². The van der Waals surface area contributed by atoms with Crippen LogP contribution in [-0.4, -0.2) is 61.5 Å². The fourth-order valence-electron chi connectivity index (χ4n) is 1.35. The van der Waals surface area contributed by atoms with E-state index in [-0.39, 0.29) is 13.1 Å². The summed E-state index contributed by atoms with van der Waals surface area (Å²) in [5.41, 5.74) is 0. The van der Waals surface area contributed by atoms with Crippen molar-refractivity contribution in [3.05, 3.63) is 30.6 Å². The highest BCUT2D eigenvalue weighted by atomic mass is 32.2. The molecule has 0 aliphatic heterocycles. The van der Waals surface area contributed by atoms with Crippen LogP contribution in [0.4, 0.5) is 0 Å². The third-order valence-electron chi connectivity index (χ3n) is 2.36. The molecule has 0 bridgehead atoms. The number of carbonyl (C=O) groups is 1. The van der Waals surface area contributed by atoms with E-state index >= 15 is 0 Å². The monoisotopic (exact) mass is 320 g/mol.